The summed E-state index contributed by atoms with van der Waals surface area (Å²) in [7, 11) is 6.33. The molecule has 0 aromatic carbocycles. The van der Waals surface area contributed by atoms with E-state index in [0.29, 0.717) is 12.6 Å². The number of aliphatic imine (C=N–C) groups is 1. The van der Waals surface area contributed by atoms with Gasteiger partial charge in [0.2, 0.25) is 0 Å². The van der Waals surface area contributed by atoms with Crippen molar-refractivity contribution in [2.45, 2.75) is 19.1 Å². The average molecular weight is 491 g/mol. The number of likely N-dealkylation sites (N-methyl/N-ethyl adjacent to an activating group) is 2. The summed E-state index contributed by atoms with van der Waals surface area (Å²) >= 11 is 0. The highest BCUT2D eigenvalue weighted by atomic mass is 127. The van der Waals surface area contributed by atoms with Gasteiger partial charge in [-0.15, -0.1) is 24.0 Å². The second-order valence-corrected chi connectivity index (χ2v) is 7.34. The van der Waals surface area contributed by atoms with Crippen molar-refractivity contribution >= 4 is 29.9 Å². The van der Waals surface area contributed by atoms with E-state index < -0.39 is 0 Å². The van der Waals surface area contributed by atoms with Gasteiger partial charge < -0.3 is 19.9 Å². The number of piperazine rings is 1. The van der Waals surface area contributed by atoms with E-state index in [1.54, 1.807) is 0 Å². The second-order valence-electron chi connectivity index (χ2n) is 7.34. The molecule has 154 valence electrons. The molecular formula is C18H34IN7O. The molecule has 0 amide bonds. The number of guanidine groups is 1. The van der Waals surface area contributed by atoms with E-state index in [-0.39, 0.29) is 30.1 Å². The van der Waals surface area contributed by atoms with Crippen LogP contribution in [0.25, 0.3) is 0 Å². The molecule has 3 rings (SSSR count). The maximum atomic E-state index is 5.97. The van der Waals surface area contributed by atoms with Crippen LogP contribution in [0.2, 0.25) is 0 Å². The summed E-state index contributed by atoms with van der Waals surface area (Å²) in [5, 5.41) is 7.74. The van der Waals surface area contributed by atoms with Crippen LogP contribution in [0.1, 0.15) is 18.6 Å². The number of rotatable bonds is 4. The van der Waals surface area contributed by atoms with E-state index in [1.165, 1.54) is 0 Å². The van der Waals surface area contributed by atoms with Crippen LogP contribution in [-0.4, -0.2) is 103 Å². The third-order valence-electron chi connectivity index (χ3n) is 5.23. The molecule has 0 spiro atoms. The lowest BCUT2D eigenvalue weighted by atomic mass is 10.1. The maximum Gasteiger partial charge on any atom is 0.194 e. The fraction of sp³-hybridized carbons (Fsp3) is 0.778. The molecule has 1 aromatic heterocycles. The lowest BCUT2D eigenvalue weighted by molar-refractivity contribution is -0.00811. The van der Waals surface area contributed by atoms with Gasteiger partial charge in [-0.2, -0.15) is 5.10 Å². The number of morpholine rings is 1. The fourth-order valence-corrected chi connectivity index (χ4v) is 3.57. The molecular weight excluding hydrogens is 457 g/mol. The first-order valence-corrected chi connectivity index (χ1v) is 9.59. The molecule has 0 bridgehead atoms. The Hall–Kier alpha value is -0.910. The number of aryl methyl sites for hydroxylation is 1. The van der Waals surface area contributed by atoms with Crippen LogP contribution in [0.15, 0.2) is 17.4 Å². The van der Waals surface area contributed by atoms with Crippen molar-refractivity contribution in [1.29, 1.82) is 0 Å². The van der Waals surface area contributed by atoms with Crippen molar-refractivity contribution in [3.63, 3.8) is 0 Å². The molecule has 8 nitrogen and oxygen atoms in total. The Morgan fingerprint density at radius 2 is 2.07 bits per heavy atom. The van der Waals surface area contributed by atoms with Crippen LogP contribution in [0, 0.1) is 0 Å². The molecule has 2 atom stereocenters. The first-order valence-electron chi connectivity index (χ1n) is 9.59. The standard InChI is InChI=1S/C18H33N7O.HI/c1-5-19-18(20-11-16-13-22(2)6-7-23(16)3)25-8-9-26-17(14-25)15-10-21-24(4)12-15;/h10,12,16-17H,5-9,11,13-14H2,1-4H3,(H,19,20);1H. The minimum absolute atomic E-state index is 0. The summed E-state index contributed by atoms with van der Waals surface area (Å²) < 4.78 is 7.79. The number of halogens is 1. The zero-order valence-corrected chi connectivity index (χ0v) is 19.3. The van der Waals surface area contributed by atoms with E-state index in [0.717, 1.165) is 57.3 Å². The van der Waals surface area contributed by atoms with Gasteiger partial charge in [-0.05, 0) is 21.0 Å². The average Bonchev–Trinajstić information content (AvgIpc) is 3.08. The Morgan fingerprint density at radius 1 is 1.26 bits per heavy atom. The van der Waals surface area contributed by atoms with Gasteiger partial charge in [-0.1, -0.05) is 0 Å². The van der Waals surface area contributed by atoms with E-state index in [4.69, 9.17) is 9.73 Å². The summed E-state index contributed by atoms with van der Waals surface area (Å²) in [5.41, 5.74) is 1.13. The number of ether oxygens (including phenoxy) is 1. The van der Waals surface area contributed by atoms with Gasteiger partial charge in [-0.3, -0.25) is 14.6 Å². The predicted octanol–water partition coefficient (Wildman–Crippen LogP) is 0.623. The summed E-state index contributed by atoms with van der Waals surface area (Å²) in [6.45, 7) is 9.49. The second kappa shape index (κ2) is 10.6. The van der Waals surface area contributed by atoms with E-state index in [1.807, 2.05) is 24.1 Å². The minimum Gasteiger partial charge on any atom is -0.370 e. The smallest absolute Gasteiger partial charge is 0.194 e. The van der Waals surface area contributed by atoms with Crippen molar-refractivity contribution in [2.24, 2.45) is 12.0 Å². The van der Waals surface area contributed by atoms with Crippen molar-refractivity contribution in [3.05, 3.63) is 18.0 Å². The lowest BCUT2D eigenvalue weighted by Gasteiger charge is -2.38. The molecule has 1 N–H and O–H groups in total. The first-order chi connectivity index (χ1) is 12.6. The highest BCUT2D eigenvalue weighted by Gasteiger charge is 2.26. The van der Waals surface area contributed by atoms with Gasteiger partial charge in [-0.25, -0.2) is 0 Å². The highest BCUT2D eigenvalue weighted by molar-refractivity contribution is 14.0. The Morgan fingerprint density at radius 3 is 2.78 bits per heavy atom. The molecule has 2 fully saturated rings. The van der Waals surface area contributed by atoms with Gasteiger partial charge in [0.15, 0.2) is 5.96 Å². The van der Waals surface area contributed by atoms with E-state index in [2.05, 4.69) is 46.1 Å². The number of nitrogens with zero attached hydrogens (tertiary/aromatic N) is 6. The Bertz CT molecular complexity index is 608. The van der Waals surface area contributed by atoms with Crippen LogP contribution >= 0.6 is 24.0 Å². The first kappa shape index (κ1) is 22.4. The predicted molar refractivity (Wildman–Crippen MR) is 119 cm³/mol. The van der Waals surface area contributed by atoms with Crippen LogP contribution < -0.4 is 5.32 Å². The Kier molecular flexibility index (Phi) is 8.77. The summed E-state index contributed by atoms with van der Waals surface area (Å²) in [4.78, 5) is 12.1. The molecule has 9 heteroatoms. The highest BCUT2D eigenvalue weighted by Crippen LogP contribution is 2.21. The molecule has 3 heterocycles. The lowest BCUT2D eigenvalue weighted by Crippen LogP contribution is -2.52. The van der Waals surface area contributed by atoms with Crippen LogP contribution in [0.4, 0.5) is 0 Å². The maximum absolute atomic E-state index is 5.97. The van der Waals surface area contributed by atoms with Gasteiger partial charge >= 0.3 is 0 Å². The quantitative estimate of drug-likeness (QED) is 0.379. The molecule has 2 aliphatic heterocycles. The third kappa shape index (κ3) is 6.03. The summed E-state index contributed by atoms with van der Waals surface area (Å²) in [5.74, 6) is 0.992. The number of hydrogen-bond acceptors (Lipinski definition) is 5. The van der Waals surface area contributed by atoms with Crippen LogP contribution in [-0.2, 0) is 11.8 Å². The molecule has 2 unspecified atom stereocenters. The molecule has 0 radical (unpaired) electrons. The van der Waals surface area contributed by atoms with Crippen molar-refractivity contribution < 1.29 is 4.74 Å². The topological polar surface area (TPSA) is 61.2 Å². The zero-order chi connectivity index (χ0) is 18.5. The molecule has 27 heavy (non-hydrogen) atoms. The third-order valence-corrected chi connectivity index (χ3v) is 5.23. The zero-order valence-electron chi connectivity index (χ0n) is 17.0. The normalized spacial score (nSPS) is 25.3. The monoisotopic (exact) mass is 491 g/mol. The van der Waals surface area contributed by atoms with Crippen molar-refractivity contribution in [1.82, 2.24) is 29.8 Å². The van der Waals surface area contributed by atoms with E-state index >= 15 is 0 Å². The largest absolute Gasteiger partial charge is 0.370 e. The SMILES string of the molecule is CCNC(=NCC1CN(C)CCN1C)N1CCOC(c2cnn(C)c2)C1.I. The van der Waals surface area contributed by atoms with Crippen LogP contribution in [0.3, 0.4) is 0 Å². The number of nitrogens with one attached hydrogen (secondary N) is 1. The summed E-state index contributed by atoms with van der Waals surface area (Å²) in [6.07, 6.45) is 3.97. The van der Waals surface area contributed by atoms with Crippen molar-refractivity contribution in [2.75, 3.05) is 66.5 Å². The molecule has 0 saturated carbocycles. The van der Waals surface area contributed by atoms with Gasteiger partial charge in [0, 0.05) is 57.6 Å². The molecule has 1 aromatic rings. The number of hydrogen-bond donors (Lipinski definition) is 1. The van der Waals surface area contributed by atoms with Gasteiger partial charge in [0.25, 0.3) is 0 Å². The minimum atomic E-state index is 0. The Labute approximate surface area is 179 Å². The Balaban J connectivity index is 0.00000261. The van der Waals surface area contributed by atoms with Crippen molar-refractivity contribution in [3.8, 4) is 0 Å². The van der Waals surface area contributed by atoms with Crippen LogP contribution in [0.5, 0.6) is 0 Å². The fourth-order valence-electron chi connectivity index (χ4n) is 3.57. The van der Waals surface area contributed by atoms with E-state index in [9.17, 15) is 0 Å². The molecule has 2 aliphatic rings. The number of aromatic nitrogens is 2. The molecule has 2 saturated heterocycles. The van der Waals surface area contributed by atoms with Gasteiger partial charge in [0.1, 0.15) is 6.10 Å². The summed E-state index contributed by atoms with van der Waals surface area (Å²) in [6, 6.07) is 0.470. The van der Waals surface area contributed by atoms with Gasteiger partial charge in [0.05, 0.1) is 25.9 Å². The molecule has 0 aliphatic carbocycles.